The molecule has 1 rings (SSSR count). The average molecular weight is 364 g/mol. The van der Waals surface area contributed by atoms with Crippen LogP contribution in [0.5, 0.6) is 0 Å². The predicted octanol–water partition coefficient (Wildman–Crippen LogP) is 0.901. The first kappa shape index (κ1) is 20.8. The van der Waals surface area contributed by atoms with Gasteiger partial charge in [0.05, 0.1) is 12.6 Å². The highest BCUT2D eigenvalue weighted by Gasteiger charge is 2.45. The molecule has 14 heteroatoms. The van der Waals surface area contributed by atoms with Gasteiger partial charge in [-0.15, -0.1) is 5.11 Å². The van der Waals surface area contributed by atoms with Crippen molar-refractivity contribution in [3.63, 3.8) is 0 Å². The number of azo groups is 1. The van der Waals surface area contributed by atoms with E-state index in [4.69, 9.17) is 20.1 Å². The molecule has 1 unspecified atom stereocenters. The van der Waals surface area contributed by atoms with Gasteiger partial charge >= 0.3 is 12.1 Å². The van der Waals surface area contributed by atoms with Crippen LogP contribution in [0, 0.1) is 11.7 Å². The van der Waals surface area contributed by atoms with Crippen molar-refractivity contribution in [3.8, 4) is 11.7 Å². The van der Waals surface area contributed by atoms with Gasteiger partial charge < -0.3 is 14.6 Å². The van der Waals surface area contributed by atoms with Crippen molar-refractivity contribution < 1.29 is 36.9 Å². The number of azide groups is 1. The van der Waals surface area contributed by atoms with Crippen LogP contribution >= 0.6 is 0 Å². The van der Waals surface area contributed by atoms with Crippen LogP contribution in [-0.2, 0) is 14.3 Å². The van der Waals surface area contributed by atoms with E-state index in [-0.39, 0.29) is 0 Å². The Kier molecular flexibility index (Phi) is 8.29. The van der Waals surface area contributed by atoms with E-state index in [9.17, 15) is 22.4 Å². The molecule has 1 aliphatic rings. The largest absolute Gasteiger partial charge is 0.475 e. The lowest BCUT2D eigenvalue weighted by Crippen LogP contribution is -2.35. The fourth-order valence-corrected chi connectivity index (χ4v) is 1.75. The van der Waals surface area contributed by atoms with E-state index in [1.54, 1.807) is 0 Å². The molecule has 1 amide bonds. The van der Waals surface area contributed by atoms with Crippen LogP contribution in [0.1, 0.15) is 0 Å². The van der Waals surface area contributed by atoms with Gasteiger partial charge in [0, 0.05) is 4.91 Å². The maximum absolute atomic E-state index is 14.1. The number of hydrogen-bond acceptors (Lipinski definition) is 6. The summed E-state index contributed by atoms with van der Waals surface area (Å²) in [4.78, 5) is 12.8. The molecule has 25 heavy (non-hydrogen) atoms. The highest BCUT2D eigenvalue weighted by molar-refractivity contribution is 6.47. The Hall–Kier alpha value is -2.20. The first-order valence-corrected chi connectivity index (χ1v) is 6.64. The second kappa shape index (κ2) is 9.95. The van der Waals surface area contributed by atoms with E-state index in [0.717, 1.165) is 7.28 Å². The van der Waals surface area contributed by atoms with Crippen LogP contribution in [-0.4, -0.2) is 68.7 Å². The summed E-state index contributed by atoms with van der Waals surface area (Å²) in [5, 5.41) is 17.5. The average Bonchev–Trinajstić information content (AvgIpc) is 2.86. The zero-order valence-corrected chi connectivity index (χ0v) is 12.4. The molecule has 135 valence electrons. The van der Waals surface area contributed by atoms with E-state index in [1.807, 2.05) is 0 Å². The van der Waals surface area contributed by atoms with Crippen molar-refractivity contribution in [2.24, 2.45) is 15.3 Å². The van der Waals surface area contributed by atoms with E-state index < -0.39 is 56.3 Å². The van der Waals surface area contributed by atoms with E-state index >= 15 is 0 Å². The summed E-state index contributed by atoms with van der Waals surface area (Å²) in [6, 6.07) is -1.17. The Labute approximate surface area is 139 Å². The van der Waals surface area contributed by atoms with Crippen LogP contribution < -0.4 is 0 Å². The third-order valence-electron chi connectivity index (χ3n) is 2.80. The van der Waals surface area contributed by atoms with Crippen LogP contribution in [0.4, 0.5) is 17.6 Å². The Morgan fingerprint density at radius 2 is 2.20 bits per heavy atom. The fourth-order valence-electron chi connectivity index (χ4n) is 1.75. The Morgan fingerprint density at radius 1 is 1.48 bits per heavy atom. The number of carbonyl (C=O) groups is 1. The minimum Gasteiger partial charge on any atom is -0.394 e. The minimum atomic E-state index is -5.11. The Balaban J connectivity index is 2.49. The smallest absolute Gasteiger partial charge is 0.394 e. The first-order chi connectivity index (χ1) is 11.8. The number of ether oxygens (including phenoxy) is 2. The summed E-state index contributed by atoms with van der Waals surface area (Å²) in [6.07, 6.45) is -9.00. The molecule has 1 aliphatic heterocycles. The van der Waals surface area contributed by atoms with Gasteiger partial charge in [0.1, 0.15) is 31.7 Å². The van der Waals surface area contributed by atoms with Crippen molar-refractivity contribution in [1.82, 2.24) is 0 Å². The number of amides is 1. The predicted molar refractivity (Wildman–Crippen MR) is 73.8 cm³/mol. The van der Waals surface area contributed by atoms with Gasteiger partial charge in [-0.2, -0.15) is 24.1 Å². The summed E-state index contributed by atoms with van der Waals surface area (Å²) in [6.45, 7) is -1.51. The van der Waals surface area contributed by atoms with Gasteiger partial charge in [-0.1, -0.05) is 11.0 Å². The number of aliphatic hydroxyl groups is 1. The molecule has 1 radical (unpaired) electrons. The fraction of sp³-hybridized carbons (Fsp3) is 0.727. The molecule has 0 aromatic rings. The van der Waals surface area contributed by atoms with Crippen molar-refractivity contribution in [2.45, 2.75) is 30.6 Å². The van der Waals surface area contributed by atoms with Crippen molar-refractivity contribution in [3.05, 3.63) is 10.4 Å². The standard InChI is InChI=1S/C11H11BF4N5O4/c13-7-8(24-5-19-21-17)6(4-22)25-9(7)12-2-1-3-18-20-10(23)11(14,15)16/h6-9,22H,3-5H2/t6-,7+,8?,9-/m1/s1. The zero-order valence-electron chi connectivity index (χ0n) is 12.4. The molecule has 1 fully saturated rings. The highest BCUT2D eigenvalue weighted by atomic mass is 19.4. The second-order valence-electron chi connectivity index (χ2n) is 4.45. The number of alkyl halides is 4. The number of rotatable bonds is 6. The molecule has 1 saturated heterocycles. The van der Waals surface area contributed by atoms with Crippen molar-refractivity contribution >= 4 is 13.2 Å². The summed E-state index contributed by atoms with van der Waals surface area (Å²) >= 11 is 0. The molecule has 1 heterocycles. The van der Waals surface area contributed by atoms with Crippen LogP contribution in [0.2, 0.25) is 0 Å². The molecular formula is C11H11BF4N5O4. The number of aliphatic hydroxyl groups excluding tert-OH is 1. The highest BCUT2D eigenvalue weighted by Crippen LogP contribution is 2.26. The lowest BCUT2D eigenvalue weighted by molar-refractivity contribution is -0.170. The third-order valence-corrected chi connectivity index (χ3v) is 2.80. The number of hydrogen-bond donors (Lipinski definition) is 1. The lowest BCUT2D eigenvalue weighted by atomic mass is 9.70. The molecule has 0 spiro atoms. The molecule has 1 N–H and O–H groups in total. The van der Waals surface area contributed by atoms with Crippen molar-refractivity contribution in [2.75, 3.05) is 19.9 Å². The van der Waals surface area contributed by atoms with Gasteiger partial charge in [0.2, 0.25) is 0 Å². The van der Waals surface area contributed by atoms with Gasteiger partial charge in [-0.25, -0.2) is 4.39 Å². The van der Waals surface area contributed by atoms with Crippen LogP contribution in [0.3, 0.4) is 0 Å². The Morgan fingerprint density at radius 3 is 2.80 bits per heavy atom. The minimum absolute atomic E-state index is 0.451. The summed E-state index contributed by atoms with van der Waals surface area (Å²) in [5.41, 5.74) is 8.13. The summed E-state index contributed by atoms with van der Waals surface area (Å²) < 4.78 is 59.7. The SMILES string of the molecule is [N-]=[N+]=NCOC1[C@@H](CO)O[C@@H]([B]C#CCN=NC(=O)C(F)(F)F)[C@H]1F. The molecule has 0 aromatic carbocycles. The first-order valence-electron chi connectivity index (χ1n) is 6.64. The summed E-state index contributed by atoms with van der Waals surface area (Å²) in [7, 11) is 1.06. The topological polar surface area (TPSA) is 129 Å². The summed E-state index contributed by atoms with van der Waals surface area (Å²) in [5.74, 6) is 2.18. The van der Waals surface area contributed by atoms with Crippen LogP contribution in [0.15, 0.2) is 15.3 Å². The van der Waals surface area contributed by atoms with Gasteiger partial charge in [-0.05, 0) is 5.53 Å². The van der Waals surface area contributed by atoms with E-state index in [2.05, 4.69) is 32.0 Å². The van der Waals surface area contributed by atoms with Crippen molar-refractivity contribution in [1.29, 1.82) is 0 Å². The quantitative estimate of drug-likeness (QED) is 0.187. The number of halogens is 4. The number of carbonyl (C=O) groups excluding carboxylic acids is 1. The van der Waals surface area contributed by atoms with Gasteiger partial charge in [0.15, 0.2) is 0 Å². The van der Waals surface area contributed by atoms with E-state index in [0.29, 0.717) is 0 Å². The maximum Gasteiger partial charge on any atom is 0.475 e. The molecule has 0 aliphatic carbocycles. The number of nitrogens with zero attached hydrogens (tertiary/aromatic N) is 5. The maximum atomic E-state index is 14.1. The lowest BCUT2D eigenvalue weighted by Gasteiger charge is -2.16. The molecule has 0 saturated carbocycles. The van der Waals surface area contributed by atoms with Crippen LogP contribution in [0.25, 0.3) is 10.4 Å². The molecular weight excluding hydrogens is 353 g/mol. The second-order valence-corrected chi connectivity index (χ2v) is 4.45. The van der Waals surface area contributed by atoms with Gasteiger partial charge in [-0.3, -0.25) is 4.79 Å². The normalized spacial score (nSPS) is 26.0. The molecule has 9 nitrogen and oxygen atoms in total. The third kappa shape index (κ3) is 6.67. The monoisotopic (exact) mass is 364 g/mol. The van der Waals surface area contributed by atoms with E-state index in [1.165, 1.54) is 0 Å². The zero-order chi connectivity index (χ0) is 18.9. The molecule has 4 atom stereocenters. The Bertz CT molecular complexity index is 602. The molecule has 0 bridgehead atoms. The molecule has 0 aromatic heterocycles. The van der Waals surface area contributed by atoms with Gasteiger partial charge in [0.25, 0.3) is 7.28 Å².